The van der Waals surface area contributed by atoms with Crippen molar-refractivity contribution in [3.05, 3.63) is 53.7 Å². The van der Waals surface area contributed by atoms with Crippen molar-refractivity contribution in [2.24, 2.45) is 0 Å². The van der Waals surface area contributed by atoms with Gasteiger partial charge in [-0.3, -0.25) is 0 Å². The fourth-order valence-corrected chi connectivity index (χ4v) is 3.78. The summed E-state index contributed by atoms with van der Waals surface area (Å²) in [5.41, 5.74) is 1.13. The number of piperazine rings is 1. The number of hydrogen-bond donors (Lipinski definition) is 1. The summed E-state index contributed by atoms with van der Waals surface area (Å²) in [7, 11) is 0. The average molecular weight is 435 g/mol. The second-order valence-corrected chi connectivity index (χ2v) is 8.83. The molecular weight excluding hydrogens is 405 g/mol. The number of amides is 2. The Hall–Kier alpha value is -2.77. The van der Waals surface area contributed by atoms with Crippen LogP contribution in [-0.2, 0) is 11.6 Å². The molecule has 3 rings (SSSR count). The first-order valence-corrected chi connectivity index (χ1v) is 10.5. The zero-order chi connectivity index (χ0) is 22.8. The van der Waals surface area contributed by atoms with E-state index in [1.807, 2.05) is 31.2 Å². The fourth-order valence-electron chi connectivity index (χ4n) is 3.78. The van der Waals surface area contributed by atoms with Crippen LogP contribution >= 0.6 is 0 Å². The molecule has 0 bridgehead atoms. The Labute approximate surface area is 181 Å². The maximum Gasteiger partial charge on any atom is 0.419 e. The second kappa shape index (κ2) is 8.77. The van der Waals surface area contributed by atoms with Gasteiger partial charge in [0.2, 0.25) is 0 Å². The number of anilines is 2. The number of alkyl halides is 3. The van der Waals surface area contributed by atoms with Crippen LogP contribution in [0.4, 0.5) is 29.5 Å². The van der Waals surface area contributed by atoms with Gasteiger partial charge >= 0.3 is 12.2 Å². The van der Waals surface area contributed by atoms with Crippen molar-refractivity contribution >= 4 is 17.5 Å². The maximum atomic E-state index is 13.4. The van der Waals surface area contributed by atoms with Crippen LogP contribution in [0, 0.1) is 0 Å². The molecule has 1 aliphatic heterocycles. The van der Waals surface area contributed by atoms with Crippen molar-refractivity contribution in [3.63, 3.8) is 0 Å². The summed E-state index contributed by atoms with van der Waals surface area (Å²) in [6.07, 6.45) is -2.48. The van der Waals surface area contributed by atoms with Crippen LogP contribution in [0.5, 0.6) is 0 Å². The quantitative estimate of drug-likeness (QED) is 0.691. The number of nitrogens with one attached hydrogen (secondary N) is 1. The summed E-state index contributed by atoms with van der Waals surface area (Å²) in [4.78, 5) is 20.2. The summed E-state index contributed by atoms with van der Waals surface area (Å²) in [6.45, 7) is 9.20. The average Bonchev–Trinajstić information content (AvgIpc) is 2.72. The van der Waals surface area contributed by atoms with Gasteiger partial charge in [-0.2, -0.15) is 13.2 Å². The lowest BCUT2D eigenvalue weighted by Gasteiger charge is -2.42. The second-order valence-electron chi connectivity index (χ2n) is 8.83. The van der Waals surface area contributed by atoms with E-state index in [4.69, 9.17) is 0 Å². The number of hydrogen-bond acceptors (Lipinski definition) is 3. The number of urea groups is 1. The molecule has 1 unspecified atom stereocenters. The molecule has 1 fully saturated rings. The van der Waals surface area contributed by atoms with E-state index in [2.05, 4.69) is 31.1 Å². The number of aromatic nitrogens is 1. The first-order chi connectivity index (χ1) is 14.5. The zero-order valence-electron chi connectivity index (χ0n) is 18.3. The SMILES string of the molecule is CCC1CN(c2ncccc2C(F)(F)F)CCN1C(=O)Nc1ccc(C(C)(C)C)cc1. The van der Waals surface area contributed by atoms with E-state index in [-0.39, 0.29) is 29.9 Å². The Morgan fingerprint density at radius 2 is 1.81 bits per heavy atom. The van der Waals surface area contributed by atoms with E-state index < -0.39 is 11.7 Å². The van der Waals surface area contributed by atoms with E-state index in [9.17, 15) is 18.0 Å². The highest BCUT2D eigenvalue weighted by Crippen LogP contribution is 2.36. The Bertz CT molecular complexity index is 906. The summed E-state index contributed by atoms with van der Waals surface area (Å²) < 4.78 is 40.2. The van der Waals surface area contributed by atoms with E-state index >= 15 is 0 Å². The molecule has 168 valence electrons. The molecule has 1 N–H and O–H groups in total. The molecule has 1 aromatic carbocycles. The van der Waals surface area contributed by atoms with Crippen LogP contribution < -0.4 is 10.2 Å². The summed E-state index contributed by atoms with van der Waals surface area (Å²) in [5.74, 6) is -0.0775. The molecule has 5 nitrogen and oxygen atoms in total. The molecular formula is C23H29F3N4O. The predicted octanol–water partition coefficient (Wildman–Crippen LogP) is 5.53. The van der Waals surface area contributed by atoms with Gasteiger partial charge in [0.15, 0.2) is 0 Å². The highest BCUT2D eigenvalue weighted by Gasteiger charge is 2.38. The van der Waals surface area contributed by atoms with Crippen LogP contribution in [0.3, 0.4) is 0 Å². The topological polar surface area (TPSA) is 48.5 Å². The highest BCUT2D eigenvalue weighted by atomic mass is 19.4. The lowest BCUT2D eigenvalue weighted by molar-refractivity contribution is -0.137. The van der Waals surface area contributed by atoms with Gasteiger partial charge in [-0.1, -0.05) is 39.8 Å². The first-order valence-electron chi connectivity index (χ1n) is 10.5. The van der Waals surface area contributed by atoms with Crippen molar-refractivity contribution in [3.8, 4) is 0 Å². The molecule has 0 spiro atoms. The summed E-state index contributed by atoms with van der Waals surface area (Å²) in [6, 6.07) is 9.60. The van der Waals surface area contributed by atoms with Crippen LogP contribution in [0.1, 0.15) is 45.2 Å². The van der Waals surface area contributed by atoms with Crippen LogP contribution in [0.15, 0.2) is 42.6 Å². The normalized spacial score (nSPS) is 17.6. The fraction of sp³-hybridized carbons (Fsp3) is 0.478. The largest absolute Gasteiger partial charge is 0.419 e. The van der Waals surface area contributed by atoms with E-state index in [1.54, 1.807) is 9.80 Å². The number of carbonyl (C=O) groups excluding carboxylic acids is 1. The molecule has 1 atom stereocenters. The van der Waals surface area contributed by atoms with E-state index in [0.29, 0.717) is 25.2 Å². The number of pyridine rings is 1. The van der Waals surface area contributed by atoms with Gasteiger partial charge in [-0.25, -0.2) is 9.78 Å². The number of nitrogens with zero attached hydrogens (tertiary/aromatic N) is 3. The first kappa shape index (κ1) is 22.9. The third-order valence-electron chi connectivity index (χ3n) is 5.61. The molecule has 2 heterocycles. The van der Waals surface area contributed by atoms with E-state index in [1.165, 1.54) is 17.8 Å². The Morgan fingerprint density at radius 1 is 1.13 bits per heavy atom. The number of benzene rings is 1. The molecule has 8 heteroatoms. The van der Waals surface area contributed by atoms with Crippen molar-refractivity contribution < 1.29 is 18.0 Å². The van der Waals surface area contributed by atoms with Crippen LogP contribution in [0.25, 0.3) is 0 Å². The van der Waals surface area contributed by atoms with Crippen LogP contribution in [0.2, 0.25) is 0 Å². The molecule has 2 amide bonds. The van der Waals surface area contributed by atoms with Crippen LogP contribution in [-0.4, -0.2) is 41.6 Å². The molecule has 1 aliphatic rings. The number of halogens is 3. The predicted molar refractivity (Wildman–Crippen MR) is 116 cm³/mol. The van der Waals surface area contributed by atoms with Crippen molar-refractivity contribution in [2.45, 2.75) is 51.7 Å². The van der Waals surface area contributed by atoms with E-state index in [0.717, 1.165) is 6.07 Å². The van der Waals surface area contributed by atoms with Gasteiger partial charge in [-0.05, 0) is 41.7 Å². The van der Waals surface area contributed by atoms with Gasteiger partial charge in [0.1, 0.15) is 5.82 Å². The van der Waals surface area contributed by atoms with Crippen molar-refractivity contribution in [2.75, 3.05) is 29.9 Å². The third-order valence-corrected chi connectivity index (χ3v) is 5.61. The standard InChI is InChI=1S/C23H29F3N4O/c1-5-18-15-29(20-19(23(24,25)26)7-6-12-27-20)13-14-30(18)21(31)28-17-10-8-16(9-11-17)22(2,3)4/h6-12,18H,5,13-15H2,1-4H3,(H,28,31). The number of rotatable bonds is 3. The Balaban J connectivity index is 1.71. The minimum Gasteiger partial charge on any atom is -0.352 e. The highest BCUT2D eigenvalue weighted by molar-refractivity contribution is 5.89. The smallest absolute Gasteiger partial charge is 0.352 e. The number of carbonyl (C=O) groups is 1. The monoisotopic (exact) mass is 434 g/mol. The molecule has 1 saturated heterocycles. The molecule has 1 aromatic heterocycles. The third kappa shape index (κ3) is 5.29. The minimum atomic E-state index is -4.47. The molecule has 2 aromatic rings. The van der Waals surface area contributed by atoms with Gasteiger partial charge in [-0.15, -0.1) is 0 Å². The van der Waals surface area contributed by atoms with Crippen molar-refractivity contribution in [1.29, 1.82) is 0 Å². The van der Waals surface area contributed by atoms with Gasteiger partial charge < -0.3 is 15.1 Å². The van der Waals surface area contributed by atoms with Gasteiger partial charge in [0, 0.05) is 31.5 Å². The van der Waals surface area contributed by atoms with Crippen molar-refractivity contribution in [1.82, 2.24) is 9.88 Å². The lowest BCUT2D eigenvalue weighted by atomic mass is 9.87. The summed E-state index contributed by atoms with van der Waals surface area (Å²) in [5, 5.41) is 2.92. The maximum absolute atomic E-state index is 13.4. The Morgan fingerprint density at radius 3 is 2.39 bits per heavy atom. The molecule has 0 saturated carbocycles. The molecule has 0 radical (unpaired) electrons. The summed E-state index contributed by atoms with van der Waals surface area (Å²) >= 11 is 0. The molecule has 0 aliphatic carbocycles. The minimum absolute atomic E-state index is 0.0207. The van der Waals surface area contributed by atoms with Gasteiger partial charge in [0.05, 0.1) is 11.6 Å². The van der Waals surface area contributed by atoms with Gasteiger partial charge in [0.25, 0.3) is 0 Å². The lowest BCUT2D eigenvalue weighted by Crippen LogP contribution is -2.56. The Kier molecular flexibility index (Phi) is 6.48. The molecule has 31 heavy (non-hydrogen) atoms. The zero-order valence-corrected chi connectivity index (χ0v) is 18.3.